The van der Waals surface area contributed by atoms with Crippen LogP contribution in [0, 0.1) is 13.8 Å². The van der Waals surface area contributed by atoms with Gasteiger partial charge in [0.05, 0.1) is 0 Å². The maximum atomic E-state index is 11.8. The molecule has 0 saturated carbocycles. The molecule has 1 N–H and O–H groups in total. The SMILES string of the molecule is Cc1ccc(NC(=O)COC(=O)CCc2ccccc2)cc1C. The first kappa shape index (κ1) is 16.7. The minimum atomic E-state index is -0.371. The van der Waals surface area contributed by atoms with Crippen LogP contribution >= 0.6 is 0 Å². The number of carbonyl (C=O) groups excluding carboxylic acids is 2. The molecule has 0 bridgehead atoms. The summed E-state index contributed by atoms with van der Waals surface area (Å²) >= 11 is 0. The lowest BCUT2D eigenvalue weighted by Gasteiger charge is -2.08. The quantitative estimate of drug-likeness (QED) is 0.832. The minimum Gasteiger partial charge on any atom is -0.456 e. The molecule has 2 aromatic rings. The van der Waals surface area contributed by atoms with E-state index in [4.69, 9.17) is 4.74 Å². The molecule has 0 aromatic heterocycles. The summed E-state index contributed by atoms with van der Waals surface area (Å²) in [6.07, 6.45) is 0.874. The van der Waals surface area contributed by atoms with Gasteiger partial charge in [-0.05, 0) is 49.1 Å². The number of rotatable bonds is 6. The summed E-state index contributed by atoms with van der Waals surface area (Å²) in [4.78, 5) is 23.5. The highest BCUT2D eigenvalue weighted by Crippen LogP contribution is 2.14. The second-order valence-corrected chi connectivity index (χ2v) is 5.49. The minimum absolute atomic E-state index is 0.263. The molecule has 120 valence electrons. The lowest BCUT2D eigenvalue weighted by atomic mass is 10.1. The van der Waals surface area contributed by atoms with Crippen LogP contribution in [-0.2, 0) is 20.7 Å². The Morgan fingerprint density at radius 1 is 1.00 bits per heavy atom. The Bertz CT molecular complexity index is 680. The van der Waals surface area contributed by atoms with Crippen molar-refractivity contribution in [1.29, 1.82) is 0 Å². The molecule has 2 aromatic carbocycles. The maximum absolute atomic E-state index is 11.8. The van der Waals surface area contributed by atoms with Gasteiger partial charge in [-0.25, -0.2) is 0 Å². The number of aryl methyl sites for hydroxylation is 3. The number of hydrogen-bond acceptors (Lipinski definition) is 3. The van der Waals surface area contributed by atoms with Crippen LogP contribution in [0.25, 0.3) is 0 Å². The number of hydrogen-bond donors (Lipinski definition) is 1. The molecule has 23 heavy (non-hydrogen) atoms. The molecule has 0 aliphatic carbocycles. The van der Waals surface area contributed by atoms with Gasteiger partial charge in [0.1, 0.15) is 0 Å². The van der Waals surface area contributed by atoms with E-state index in [2.05, 4.69) is 5.32 Å². The molecule has 0 fully saturated rings. The van der Waals surface area contributed by atoms with Crippen molar-refractivity contribution in [3.63, 3.8) is 0 Å². The Balaban J connectivity index is 1.73. The first-order valence-corrected chi connectivity index (χ1v) is 7.61. The van der Waals surface area contributed by atoms with E-state index < -0.39 is 0 Å². The van der Waals surface area contributed by atoms with E-state index in [1.54, 1.807) is 0 Å². The van der Waals surface area contributed by atoms with Crippen molar-refractivity contribution < 1.29 is 14.3 Å². The summed E-state index contributed by atoms with van der Waals surface area (Å²) in [5, 5.41) is 2.72. The number of anilines is 1. The summed E-state index contributed by atoms with van der Waals surface area (Å²) in [7, 11) is 0. The number of esters is 1. The molecule has 0 spiro atoms. The second kappa shape index (κ2) is 8.13. The van der Waals surface area contributed by atoms with Gasteiger partial charge in [-0.1, -0.05) is 36.4 Å². The van der Waals surface area contributed by atoms with Crippen molar-refractivity contribution in [3.05, 3.63) is 65.2 Å². The van der Waals surface area contributed by atoms with Crippen molar-refractivity contribution in [3.8, 4) is 0 Å². The zero-order chi connectivity index (χ0) is 16.7. The lowest BCUT2D eigenvalue weighted by Crippen LogP contribution is -2.21. The summed E-state index contributed by atoms with van der Waals surface area (Å²) in [6, 6.07) is 15.4. The van der Waals surface area contributed by atoms with Gasteiger partial charge < -0.3 is 10.1 Å². The van der Waals surface area contributed by atoms with Gasteiger partial charge in [-0.2, -0.15) is 0 Å². The smallest absolute Gasteiger partial charge is 0.306 e. The first-order valence-electron chi connectivity index (χ1n) is 7.61. The highest BCUT2D eigenvalue weighted by molar-refractivity contribution is 5.92. The molecule has 1 amide bonds. The molecule has 0 aliphatic heterocycles. The number of carbonyl (C=O) groups is 2. The third kappa shape index (κ3) is 5.58. The molecule has 2 rings (SSSR count). The number of nitrogens with one attached hydrogen (secondary N) is 1. The van der Waals surface area contributed by atoms with Gasteiger partial charge in [-0.15, -0.1) is 0 Å². The van der Waals surface area contributed by atoms with Gasteiger partial charge in [0.25, 0.3) is 5.91 Å². The molecule has 0 saturated heterocycles. The Morgan fingerprint density at radius 3 is 2.43 bits per heavy atom. The molecule has 0 unspecified atom stereocenters. The summed E-state index contributed by atoms with van der Waals surface area (Å²) in [5.74, 6) is -0.703. The Morgan fingerprint density at radius 2 is 1.74 bits per heavy atom. The fourth-order valence-corrected chi connectivity index (χ4v) is 2.13. The Labute approximate surface area is 136 Å². The van der Waals surface area contributed by atoms with Crippen LogP contribution in [0.5, 0.6) is 0 Å². The van der Waals surface area contributed by atoms with Gasteiger partial charge in [0.15, 0.2) is 6.61 Å². The van der Waals surface area contributed by atoms with Crippen LogP contribution in [0.2, 0.25) is 0 Å². The van der Waals surface area contributed by atoms with E-state index in [1.807, 2.05) is 62.4 Å². The third-order valence-corrected chi connectivity index (χ3v) is 3.62. The predicted octanol–water partition coefficient (Wildman–Crippen LogP) is 3.42. The van der Waals surface area contributed by atoms with Crippen LogP contribution in [0.1, 0.15) is 23.1 Å². The average molecular weight is 311 g/mol. The highest BCUT2D eigenvalue weighted by atomic mass is 16.5. The zero-order valence-corrected chi connectivity index (χ0v) is 13.5. The maximum Gasteiger partial charge on any atom is 0.306 e. The van der Waals surface area contributed by atoms with Gasteiger partial charge >= 0.3 is 5.97 Å². The van der Waals surface area contributed by atoms with E-state index in [9.17, 15) is 9.59 Å². The first-order chi connectivity index (χ1) is 11.0. The lowest BCUT2D eigenvalue weighted by molar-refractivity contribution is -0.147. The van der Waals surface area contributed by atoms with Gasteiger partial charge in [0, 0.05) is 12.1 Å². The fourth-order valence-electron chi connectivity index (χ4n) is 2.13. The van der Waals surface area contributed by atoms with Crippen molar-refractivity contribution in [2.24, 2.45) is 0 Å². The van der Waals surface area contributed by atoms with Gasteiger partial charge in [-0.3, -0.25) is 9.59 Å². The number of benzene rings is 2. The third-order valence-electron chi connectivity index (χ3n) is 3.62. The topological polar surface area (TPSA) is 55.4 Å². The van der Waals surface area contributed by atoms with Crippen molar-refractivity contribution in [1.82, 2.24) is 0 Å². The normalized spacial score (nSPS) is 10.2. The average Bonchev–Trinajstić information content (AvgIpc) is 2.55. The number of amides is 1. The van der Waals surface area contributed by atoms with Crippen LogP contribution < -0.4 is 5.32 Å². The van der Waals surface area contributed by atoms with Gasteiger partial charge in [0.2, 0.25) is 0 Å². The molecule has 0 aliphatic rings. The summed E-state index contributed by atoms with van der Waals surface area (Å²) < 4.78 is 5.00. The van der Waals surface area contributed by atoms with Crippen molar-refractivity contribution in [2.75, 3.05) is 11.9 Å². The molecular weight excluding hydrogens is 290 g/mol. The predicted molar refractivity (Wildman–Crippen MR) is 90.3 cm³/mol. The summed E-state index contributed by atoms with van der Waals surface area (Å²) in [6.45, 7) is 3.73. The molecule has 0 atom stereocenters. The van der Waals surface area contributed by atoms with Crippen LogP contribution in [0.4, 0.5) is 5.69 Å². The number of ether oxygens (including phenoxy) is 1. The van der Waals surface area contributed by atoms with E-state index >= 15 is 0 Å². The molecule has 4 heteroatoms. The monoisotopic (exact) mass is 311 g/mol. The standard InChI is InChI=1S/C19H21NO3/c1-14-8-10-17(12-15(14)2)20-18(21)13-23-19(22)11-9-16-6-4-3-5-7-16/h3-8,10,12H,9,11,13H2,1-2H3,(H,20,21). The molecule has 4 nitrogen and oxygen atoms in total. The summed E-state index contributed by atoms with van der Waals surface area (Å²) in [5.41, 5.74) is 4.04. The Kier molecular flexibility index (Phi) is 5.92. The second-order valence-electron chi connectivity index (χ2n) is 5.49. The fraction of sp³-hybridized carbons (Fsp3) is 0.263. The molecular formula is C19H21NO3. The van der Waals surface area contributed by atoms with E-state index in [-0.39, 0.29) is 24.9 Å². The van der Waals surface area contributed by atoms with E-state index in [1.165, 1.54) is 0 Å². The largest absolute Gasteiger partial charge is 0.456 e. The zero-order valence-electron chi connectivity index (χ0n) is 13.5. The molecule has 0 heterocycles. The molecule has 0 radical (unpaired) electrons. The van der Waals surface area contributed by atoms with Crippen LogP contribution in [0.3, 0.4) is 0 Å². The van der Waals surface area contributed by atoms with Crippen LogP contribution in [0.15, 0.2) is 48.5 Å². The van der Waals surface area contributed by atoms with Crippen molar-refractivity contribution >= 4 is 17.6 Å². The van der Waals surface area contributed by atoms with Crippen molar-refractivity contribution in [2.45, 2.75) is 26.7 Å². The van der Waals surface area contributed by atoms with Crippen LogP contribution in [-0.4, -0.2) is 18.5 Å². The van der Waals surface area contributed by atoms with E-state index in [0.717, 1.165) is 16.7 Å². The van der Waals surface area contributed by atoms with E-state index in [0.29, 0.717) is 12.1 Å². The highest BCUT2D eigenvalue weighted by Gasteiger charge is 2.08. The Hall–Kier alpha value is -2.62.